The second kappa shape index (κ2) is 12.3. The molecule has 0 amide bonds. The molecule has 266 valence electrons. The molecule has 5 heterocycles. The van der Waals surface area contributed by atoms with Crippen molar-refractivity contribution in [3.63, 3.8) is 0 Å². The van der Waals surface area contributed by atoms with Crippen LogP contribution in [-0.4, -0.2) is 24.9 Å². The second-order valence-electron chi connectivity index (χ2n) is 13.9. The molecular weight excluding hydrogens is 707 g/mol. The maximum Gasteiger partial charge on any atom is 0.180 e. The molecule has 0 aliphatic rings. The first-order valence-electron chi connectivity index (χ1n) is 18.7. The predicted molar refractivity (Wildman–Crippen MR) is 224 cm³/mol. The number of nitrogens with zero attached hydrogens (tertiary/aromatic N) is 5. The minimum atomic E-state index is 0.508. The largest absolute Gasteiger partial charge is 0.456 e. The lowest BCUT2D eigenvalue weighted by Crippen LogP contribution is -2.00. The number of rotatable bonds is 5. The van der Waals surface area contributed by atoms with Gasteiger partial charge in [0.2, 0.25) is 0 Å². The summed E-state index contributed by atoms with van der Waals surface area (Å²) in [7, 11) is 0. The fourth-order valence-electron chi connectivity index (χ4n) is 8.04. The molecule has 8 heteroatoms. The van der Waals surface area contributed by atoms with Crippen LogP contribution in [0.2, 0.25) is 0 Å². The lowest BCUT2D eigenvalue weighted by Gasteiger charge is -2.11. The van der Waals surface area contributed by atoms with Gasteiger partial charge in [-0.3, -0.25) is 0 Å². The average molecular weight is 734 g/mol. The van der Waals surface area contributed by atoms with Crippen molar-refractivity contribution >= 4 is 65.9 Å². The molecule has 0 spiro atoms. The van der Waals surface area contributed by atoms with Crippen LogP contribution in [0.5, 0.6) is 0 Å². The van der Waals surface area contributed by atoms with E-state index in [1.807, 2.05) is 158 Å². The molecule has 0 atom stereocenters. The molecule has 12 aromatic rings. The number of para-hydroxylation sites is 2. The molecular formula is C49H27N5O3. The van der Waals surface area contributed by atoms with Crippen molar-refractivity contribution in [2.24, 2.45) is 0 Å². The first kappa shape index (κ1) is 31.4. The highest BCUT2D eigenvalue weighted by molar-refractivity contribution is 6.18. The molecule has 12 rings (SSSR count). The zero-order valence-corrected chi connectivity index (χ0v) is 30.0. The topological polar surface area (TPSA) is 104 Å². The van der Waals surface area contributed by atoms with E-state index in [-0.39, 0.29) is 0 Å². The summed E-state index contributed by atoms with van der Waals surface area (Å²) < 4.78 is 19.3. The molecule has 0 saturated carbocycles. The van der Waals surface area contributed by atoms with Crippen LogP contribution < -0.4 is 0 Å². The van der Waals surface area contributed by atoms with E-state index in [0.29, 0.717) is 45.7 Å². The smallest absolute Gasteiger partial charge is 0.180 e. The Balaban J connectivity index is 1.14. The third-order valence-corrected chi connectivity index (χ3v) is 10.6. The Kier molecular flexibility index (Phi) is 6.76. The molecule has 0 fully saturated rings. The predicted octanol–water partition coefficient (Wildman–Crippen LogP) is 12.7. The van der Waals surface area contributed by atoms with Crippen molar-refractivity contribution in [2.45, 2.75) is 0 Å². The fraction of sp³-hybridized carbons (Fsp3) is 0. The summed E-state index contributed by atoms with van der Waals surface area (Å²) in [5.74, 6) is 2.15. The maximum absolute atomic E-state index is 6.60. The molecule has 0 aliphatic carbocycles. The second-order valence-corrected chi connectivity index (χ2v) is 13.9. The summed E-state index contributed by atoms with van der Waals surface area (Å²) in [4.78, 5) is 26.0. The Labute approximate surface area is 323 Å². The first-order chi connectivity index (χ1) is 28.2. The summed E-state index contributed by atoms with van der Waals surface area (Å²) in [6.45, 7) is 0. The molecule has 8 nitrogen and oxygen atoms in total. The van der Waals surface area contributed by atoms with E-state index in [9.17, 15) is 0 Å². The summed E-state index contributed by atoms with van der Waals surface area (Å²) in [6.07, 6.45) is 0. The van der Waals surface area contributed by atoms with Crippen LogP contribution in [0.1, 0.15) is 0 Å². The minimum absolute atomic E-state index is 0.508. The Bertz CT molecular complexity index is 3530. The zero-order valence-electron chi connectivity index (χ0n) is 30.0. The van der Waals surface area contributed by atoms with Crippen LogP contribution in [0.3, 0.4) is 0 Å². The number of hydrogen-bond acceptors (Lipinski definition) is 8. The molecule has 57 heavy (non-hydrogen) atoms. The van der Waals surface area contributed by atoms with E-state index in [0.717, 1.165) is 77.0 Å². The Morgan fingerprint density at radius 2 is 0.754 bits per heavy atom. The van der Waals surface area contributed by atoms with E-state index in [1.54, 1.807) is 0 Å². The molecule has 0 aliphatic heterocycles. The molecule has 0 N–H and O–H groups in total. The van der Waals surface area contributed by atoms with E-state index in [4.69, 9.17) is 38.2 Å². The van der Waals surface area contributed by atoms with Gasteiger partial charge >= 0.3 is 0 Å². The molecule has 5 aromatic heterocycles. The first-order valence-corrected chi connectivity index (χ1v) is 18.7. The molecule has 0 unspecified atom stereocenters. The fourth-order valence-corrected chi connectivity index (χ4v) is 8.04. The molecule has 0 saturated heterocycles. The number of aromatic nitrogens is 5. The summed E-state index contributed by atoms with van der Waals surface area (Å²) in [5.41, 5.74) is 10.1. The van der Waals surface area contributed by atoms with Gasteiger partial charge in [-0.15, -0.1) is 0 Å². The van der Waals surface area contributed by atoms with Gasteiger partial charge in [-0.1, -0.05) is 127 Å². The van der Waals surface area contributed by atoms with Crippen molar-refractivity contribution in [3.05, 3.63) is 164 Å². The van der Waals surface area contributed by atoms with E-state index >= 15 is 0 Å². The molecule has 7 aromatic carbocycles. The van der Waals surface area contributed by atoms with Gasteiger partial charge < -0.3 is 13.3 Å². The van der Waals surface area contributed by atoms with Gasteiger partial charge in [0.05, 0.1) is 0 Å². The Morgan fingerprint density at radius 1 is 0.298 bits per heavy atom. The normalized spacial score (nSPS) is 11.9. The Hall–Kier alpha value is -7.97. The van der Waals surface area contributed by atoms with E-state index < -0.39 is 0 Å². The van der Waals surface area contributed by atoms with Crippen molar-refractivity contribution in [1.82, 2.24) is 24.9 Å². The number of fused-ring (bicyclic) bond motifs is 9. The van der Waals surface area contributed by atoms with Gasteiger partial charge in [0.1, 0.15) is 39.1 Å². The van der Waals surface area contributed by atoms with Gasteiger partial charge in [0.25, 0.3) is 0 Å². The van der Waals surface area contributed by atoms with Crippen molar-refractivity contribution in [1.29, 1.82) is 0 Å². The monoisotopic (exact) mass is 733 g/mol. The molecule has 0 radical (unpaired) electrons. The highest BCUT2D eigenvalue weighted by atomic mass is 16.3. The van der Waals surface area contributed by atoms with E-state index in [2.05, 4.69) is 6.07 Å². The summed E-state index contributed by atoms with van der Waals surface area (Å²) in [5, 5.41) is 4.58. The highest BCUT2D eigenvalue weighted by Gasteiger charge is 2.24. The van der Waals surface area contributed by atoms with E-state index in [1.165, 1.54) is 0 Å². The SMILES string of the molecule is c1ccc(-c2nc(-c3cccc4oc5ccccc5c34)nc(-c3cccc4oc5cccc(-c6nc(-c7ccccc7)c7oc8ccccc8c7n6)c5c34)n2)cc1. The lowest BCUT2D eigenvalue weighted by atomic mass is 10.0. The summed E-state index contributed by atoms with van der Waals surface area (Å²) in [6, 6.07) is 54.1. The third-order valence-electron chi connectivity index (χ3n) is 10.6. The Morgan fingerprint density at radius 3 is 1.40 bits per heavy atom. The minimum Gasteiger partial charge on any atom is -0.456 e. The van der Waals surface area contributed by atoms with Gasteiger partial charge in [-0.2, -0.15) is 0 Å². The lowest BCUT2D eigenvalue weighted by molar-refractivity contribution is 0.667. The third kappa shape index (κ3) is 4.91. The molecule has 0 bridgehead atoms. The van der Waals surface area contributed by atoms with Crippen LogP contribution in [-0.2, 0) is 0 Å². The van der Waals surface area contributed by atoms with Crippen molar-refractivity contribution < 1.29 is 13.3 Å². The van der Waals surface area contributed by atoms with Crippen LogP contribution in [0, 0.1) is 0 Å². The highest BCUT2D eigenvalue weighted by Crippen LogP contribution is 2.43. The van der Waals surface area contributed by atoms with Crippen molar-refractivity contribution in [2.75, 3.05) is 0 Å². The average Bonchev–Trinajstić information content (AvgIpc) is 3.98. The van der Waals surface area contributed by atoms with Crippen LogP contribution in [0.4, 0.5) is 0 Å². The maximum atomic E-state index is 6.60. The van der Waals surface area contributed by atoms with Crippen LogP contribution in [0.15, 0.2) is 177 Å². The van der Waals surface area contributed by atoms with Gasteiger partial charge in [-0.25, -0.2) is 24.9 Å². The van der Waals surface area contributed by atoms with Gasteiger partial charge in [-0.05, 0) is 36.4 Å². The number of benzene rings is 7. The number of hydrogen-bond donors (Lipinski definition) is 0. The van der Waals surface area contributed by atoms with Crippen LogP contribution >= 0.6 is 0 Å². The summed E-state index contributed by atoms with van der Waals surface area (Å²) >= 11 is 0. The van der Waals surface area contributed by atoms with Crippen LogP contribution in [0.25, 0.3) is 123 Å². The standard InChI is InChI=1S/C49H27N5O3/c1-3-14-28(15-4-1)43-45-44(31-19-8-10-24-36(31)57-45)51-47(50-43)33-21-12-26-38-41(33)42-34(22-13-27-39(42)56-38)49-53-46(29-16-5-2-6-17-29)52-48(54-49)32-20-11-25-37-40(32)30-18-7-9-23-35(30)55-37/h1-27H. The van der Waals surface area contributed by atoms with Gasteiger partial charge in [0.15, 0.2) is 28.9 Å². The van der Waals surface area contributed by atoms with Crippen molar-refractivity contribution in [3.8, 4) is 56.8 Å². The quantitative estimate of drug-likeness (QED) is 0.172. The zero-order chi connectivity index (χ0) is 37.5. The van der Waals surface area contributed by atoms with Gasteiger partial charge in [0, 0.05) is 54.7 Å². The number of furan rings is 3.